The number of hydrogen-bond acceptors (Lipinski definition) is 7. The van der Waals surface area contributed by atoms with Gasteiger partial charge in [-0.05, 0) is 82.1 Å². The highest BCUT2D eigenvalue weighted by Gasteiger charge is 2.39. The normalized spacial score (nSPS) is 18.2. The van der Waals surface area contributed by atoms with Gasteiger partial charge in [0.05, 0.1) is 28.0 Å². The number of ether oxygens (including phenoxy) is 2. The van der Waals surface area contributed by atoms with Crippen molar-refractivity contribution in [3.05, 3.63) is 46.8 Å². The molecular formula is C27H37N3O6S. The van der Waals surface area contributed by atoms with Gasteiger partial charge in [0.25, 0.3) is 5.91 Å². The predicted molar refractivity (Wildman–Crippen MR) is 138 cm³/mol. The van der Waals surface area contributed by atoms with Gasteiger partial charge in [0, 0.05) is 31.9 Å². The topological polar surface area (TPSA) is 117 Å². The van der Waals surface area contributed by atoms with E-state index in [1.807, 2.05) is 13.8 Å². The van der Waals surface area contributed by atoms with Gasteiger partial charge in [-0.25, -0.2) is 13.2 Å². The molecule has 2 aliphatic heterocycles. The molecule has 0 unspecified atom stereocenters. The summed E-state index contributed by atoms with van der Waals surface area (Å²) >= 11 is 0. The second-order valence-corrected chi connectivity index (χ2v) is 13.1. The van der Waals surface area contributed by atoms with Crippen molar-refractivity contribution < 1.29 is 27.5 Å². The molecule has 0 saturated carbocycles. The Morgan fingerprint density at radius 2 is 1.86 bits per heavy atom. The maximum absolute atomic E-state index is 13.0. The summed E-state index contributed by atoms with van der Waals surface area (Å²) in [5, 5.41) is 7.36. The van der Waals surface area contributed by atoms with E-state index in [2.05, 4.69) is 5.32 Å². The van der Waals surface area contributed by atoms with Gasteiger partial charge in [-0.3, -0.25) is 9.48 Å². The van der Waals surface area contributed by atoms with Gasteiger partial charge < -0.3 is 14.8 Å². The van der Waals surface area contributed by atoms with E-state index in [0.29, 0.717) is 44.0 Å². The van der Waals surface area contributed by atoms with E-state index < -0.39 is 21.1 Å². The molecule has 3 heterocycles. The van der Waals surface area contributed by atoms with Crippen molar-refractivity contribution in [1.82, 2.24) is 15.1 Å². The van der Waals surface area contributed by atoms with Crippen molar-refractivity contribution in [2.24, 2.45) is 11.3 Å². The molecule has 0 aliphatic carbocycles. The number of fused-ring (bicyclic) bond motifs is 1. The van der Waals surface area contributed by atoms with E-state index in [0.717, 1.165) is 30.5 Å². The molecule has 1 N–H and O–H groups in total. The first kappa shape index (κ1) is 27.3. The largest absolute Gasteiger partial charge is 0.462 e. The molecule has 9 nitrogen and oxygen atoms in total. The molecule has 4 rings (SSSR count). The van der Waals surface area contributed by atoms with Crippen molar-refractivity contribution in [2.45, 2.75) is 70.1 Å². The Bertz CT molecular complexity index is 1240. The first-order chi connectivity index (χ1) is 17.6. The molecule has 1 amide bonds. The Kier molecular flexibility index (Phi) is 8.08. The number of benzene rings is 1. The second kappa shape index (κ2) is 10.9. The summed E-state index contributed by atoms with van der Waals surface area (Å²) in [6.07, 6.45) is 3.15. The van der Waals surface area contributed by atoms with E-state index in [9.17, 15) is 18.0 Å². The fourth-order valence-corrected chi connectivity index (χ4v) is 6.13. The van der Waals surface area contributed by atoms with E-state index in [4.69, 9.17) is 14.6 Å². The molecule has 1 fully saturated rings. The van der Waals surface area contributed by atoms with Crippen LogP contribution in [-0.4, -0.2) is 61.7 Å². The highest BCUT2D eigenvalue weighted by atomic mass is 32.2. The van der Waals surface area contributed by atoms with Crippen molar-refractivity contribution in [2.75, 3.05) is 26.4 Å². The summed E-state index contributed by atoms with van der Waals surface area (Å²) in [5.41, 5.74) is 2.80. The lowest BCUT2D eigenvalue weighted by atomic mass is 9.75. The molecule has 0 radical (unpaired) electrons. The maximum atomic E-state index is 13.0. The van der Waals surface area contributed by atoms with E-state index in [1.54, 1.807) is 18.5 Å². The van der Waals surface area contributed by atoms with Crippen LogP contribution in [0.25, 0.3) is 0 Å². The van der Waals surface area contributed by atoms with Crippen molar-refractivity contribution in [3.8, 4) is 0 Å². The average molecular weight is 532 g/mol. The van der Waals surface area contributed by atoms with Gasteiger partial charge in [0.1, 0.15) is 5.69 Å². The molecule has 1 aromatic heterocycles. The molecule has 2 aliphatic rings. The first-order valence-electron chi connectivity index (χ1n) is 13.0. The number of hydrogen-bond donors (Lipinski definition) is 1. The standard InChI is InChI=1S/C27H37N3O6S/c1-5-30-24-22(15-27(17-28-25(24)31)10-12-35-13-11-27)23(29-30)14-19(4)16-36-26(32)20-6-8-21(9-7-20)37(33,34)18(2)3/h6-9,18-19H,5,10-17H2,1-4H3,(H,28,31)/t19-/m1/s1. The van der Waals surface area contributed by atoms with Crippen molar-refractivity contribution in [1.29, 1.82) is 0 Å². The number of carbonyl (C=O) groups is 2. The molecule has 1 spiro atoms. The van der Waals surface area contributed by atoms with Gasteiger partial charge in [-0.15, -0.1) is 0 Å². The Balaban J connectivity index is 1.45. The third kappa shape index (κ3) is 5.75. The number of aryl methyl sites for hydroxylation is 1. The zero-order valence-electron chi connectivity index (χ0n) is 22.1. The summed E-state index contributed by atoms with van der Waals surface area (Å²) in [6.45, 7) is 10.0. The number of amides is 1. The minimum Gasteiger partial charge on any atom is -0.462 e. The van der Waals surface area contributed by atoms with Crippen LogP contribution in [0.2, 0.25) is 0 Å². The average Bonchev–Trinajstić information content (AvgIpc) is 3.15. The molecule has 10 heteroatoms. The van der Waals surface area contributed by atoms with Crippen LogP contribution >= 0.6 is 0 Å². The minimum absolute atomic E-state index is 0.0224. The summed E-state index contributed by atoms with van der Waals surface area (Å²) in [6, 6.07) is 5.85. The lowest BCUT2D eigenvalue weighted by Crippen LogP contribution is -2.40. The monoisotopic (exact) mass is 531 g/mol. The third-order valence-corrected chi connectivity index (χ3v) is 9.63. The smallest absolute Gasteiger partial charge is 0.338 e. The summed E-state index contributed by atoms with van der Waals surface area (Å²) in [5.74, 6) is -0.606. The van der Waals surface area contributed by atoms with Crippen LogP contribution < -0.4 is 5.32 Å². The Hall–Kier alpha value is -2.72. The zero-order chi connectivity index (χ0) is 26.8. The Labute approximate surface area is 218 Å². The Morgan fingerprint density at radius 3 is 2.49 bits per heavy atom. The van der Waals surface area contributed by atoms with Crippen molar-refractivity contribution >= 4 is 21.7 Å². The number of aromatic nitrogens is 2. The number of carbonyl (C=O) groups excluding carboxylic acids is 2. The number of nitrogens with one attached hydrogen (secondary N) is 1. The van der Waals surface area contributed by atoms with Crippen LogP contribution in [0.5, 0.6) is 0 Å². The molecular weight excluding hydrogens is 494 g/mol. The molecule has 1 atom stereocenters. The van der Waals surface area contributed by atoms with Gasteiger partial charge in [-0.2, -0.15) is 5.10 Å². The van der Waals surface area contributed by atoms with Gasteiger partial charge >= 0.3 is 5.97 Å². The zero-order valence-corrected chi connectivity index (χ0v) is 22.9. The van der Waals surface area contributed by atoms with E-state index >= 15 is 0 Å². The van der Waals surface area contributed by atoms with Crippen LogP contribution in [0.1, 0.15) is 72.6 Å². The number of esters is 1. The lowest BCUT2D eigenvalue weighted by molar-refractivity contribution is 0.0160. The van der Waals surface area contributed by atoms with Crippen LogP contribution in [-0.2, 0) is 38.7 Å². The van der Waals surface area contributed by atoms with Crippen LogP contribution in [0, 0.1) is 11.3 Å². The molecule has 202 valence electrons. The quantitative estimate of drug-likeness (QED) is 0.520. The molecule has 37 heavy (non-hydrogen) atoms. The Morgan fingerprint density at radius 1 is 1.19 bits per heavy atom. The highest BCUT2D eigenvalue weighted by Crippen LogP contribution is 2.38. The molecule has 2 aromatic rings. The van der Waals surface area contributed by atoms with Crippen molar-refractivity contribution in [3.63, 3.8) is 0 Å². The van der Waals surface area contributed by atoms with E-state index in [1.165, 1.54) is 24.3 Å². The first-order valence-corrected chi connectivity index (χ1v) is 14.6. The summed E-state index contributed by atoms with van der Waals surface area (Å²) in [7, 11) is -3.40. The summed E-state index contributed by atoms with van der Waals surface area (Å²) < 4.78 is 37.5. The highest BCUT2D eigenvalue weighted by molar-refractivity contribution is 7.92. The van der Waals surface area contributed by atoms with Crippen LogP contribution in [0.3, 0.4) is 0 Å². The maximum Gasteiger partial charge on any atom is 0.338 e. The number of sulfone groups is 1. The summed E-state index contributed by atoms with van der Waals surface area (Å²) in [4.78, 5) is 25.8. The molecule has 1 aromatic carbocycles. The molecule has 0 bridgehead atoms. The number of rotatable bonds is 8. The van der Waals surface area contributed by atoms with E-state index in [-0.39, 0.29) is 28.7 Å². The number of nitrogens with zero attached hydrogens (tertiary/aromatic N) is 2. The lowest BCUT2D eigenvalue weighted by Gasteiger charge is -2.36. The minimum atomic E-state index is -3.40. The fraction of sp³-hybridized carbons (Fsp3) is 0.593. The van der Waals surface area contributed by atoms with Gasteiger partial charge in [0.2, 0.25) is 0 Å². The fourth-order valence-electron chi connectivity index (χ4n) is 5.07. The van der Waals surface area contributed by atoms with Crippen LogP contribution in [0.15, 0.2) is 29.2 Å². The third-order valence-electron chi connectivity index (χ3n) is 7.46. The second-order valence-electron chi connectivity index (χ2n) is 10.6. The van der Waals surface area contributed by atoms with Crippen LogP contribution in [0.4, 0.5) is 0 Å². The van der Waals surface area contributed by atoms with Gasteiger partial charge in [0.15, 0.2) is 9.84 Å². The molecule has 1 saturated heterocycles. The SMILES string of the molecule is CCn1nc(C[C@@H](C)COC(=O)c2ccc(S(=O)(=O)C(C)C)cc2)c2c1C(=O)NCC1(CCOCC1)C2. The van der Waals surface area contributed by atoms with Gasteiger partial charge in [-0.1, -0.05) is 6.92 Å². The predicted octanol–water partition coefficient (Wildman–Crippen LogP) is 3.20.